The summed E-state index contributed by atoms with van der Waals surface area (Å²) < 4.78 is 18.8. The molecule has 0 aliphatic rings. The van der Waals surface area contributed by atoms with Crippen molar-refractivity contribution < 1.29 is 13.9 Å². The van der Waals surface area contributed by atoms with Crippen LogP contribution in [0.5, 0.6) is 5.75 Å². The van der Waals surface area contributed by atoms with E-state index in [4.69, 9.17) is 4.74 Å². The molecule has 0 fully saturated rings. The molecule has 0 aliphatic heterocycles. The van der Waals surface area contributed by atoms with Crippen LogP contribution in [0, 0.1) is 5.82 Å². The summed E-state index contributed by atoms with van der Waals surface area (Å²) in [6, 6.07) is 4.57. The lowest BCUT2D eigenvalue weighted by Crippen LogP contribution is -2.12. The molecule has 2 nitrogen and oxygen atoms in total. The molecular weight excluding hydrogens is 263 g/mol. The first-order valence-electron chi connectivity index (χ1n) is 4.67. The number of halogens is 2. The molecule has 0 aromatic heterocycles. The number of alkyl halides is 1. The van der Waals surface area contributed by atoms with Crippen LogP contribution in [0.1, 0.15) is 24.2 Å². The number of rotatable bonds is 4. The summed E-state index contributed by atoms with van der Waals surface area (Å²) in [5.41, 5.74) is 0.0605. The van der Waals surface area contributed by atoms with Gasteiger partial charge < -0.3 is 4.74 Å². The summed E-state index contributed by atoms with van der Waals surface area (Å²) in [5.74, 6) is -0.749. The minimum atomic E-state index is -0.587. The maximum atomic E-state index is 13.7. The number of carbonyl (C=O) groups is 1. The second kappa shape index (κ2) is 5.26. The Labute approximate surface area is 96.6 Å². The van der Waals surface area contributed by atoms with Crippen molar-refractivity contribution in [1.29, 1.82) is 0 Å². The van der Waals surface area contributed by atoms with Crippen LogP contribution < -0.4 is 4.74 Å². The monoisotopic (exact) mass is 274 g/mol. The Morgan fingerprint density at radius 2 is 2.27 bits per heavy atom. The van der Waals surface area contributed by atoms with Crippen molar-refractivity contribution in [2.75, 3.05) is 6.61 Å². The number of carbonyl (C=O) groups excluding carboxylic acids is 1. The van der Waals surface area contributed by atoms with E-state index in [1.807, 2.05) is 0 Å². The van der Waals surface area contributed by atoms with Crippen LogP contribution in [0.3, 0.4) is 0 Å². The zero-order valence-corrected chi connectivity index (χ0v) is 10.2. The Morgan fingerprint density at radius 1 is 1.60 bits per heavy atom. The zero-order valence-electron chi connectivity index (χ0n) is 8.59. The molecule has 1 rings (SSSR count). The first-order valence-corrected chi connectivity index (χ1v) is 5.59. The first kappa shape index (κ1) is 12.2. The van der Waals surface area contributed by atoms with Crippen LogP contribution in [-0.2, 0) is 0 Å². The molecule has 4 heteroatoms. The van der Waals surface area contributed by atoms with Crippen LogP contribution in [0.25, 0.3) is 0 Å². The molecule has 0 heterocycles. The molecule has 0 radical (unpaired) electrons. The van der Waals surface area contributed by atoms with Gasteiger partial charge in [0.2, 0.25) is 0 Å². The van der Waals surface area contributed by atoms with Gasteiger partial charge in [0.05, 0.1) is 17.0 Å². The Hall–Kier alpha value is -0.900. The normalized spacial score (nSPS) is 12.3. The van der Waals surface area contributed by atoms with Gasteiger partial charge in [0.25, 0.3) is 0 Å². The van der Waals surface area contributed by atoms with Gasteiger partial charge in [0.1, 0.15) is 0 Å². The van der Waals surface area contributed by atoms with Gasteiger partial charge in [-0.1, -0.05) is 22.0 Å². The highest BCUT2D eigenvalue weighted by atomic mass is 79.9. The summed E-state index contributed by atoms with van der Waals surface area (Å²) in [5, 5.41) is 0. The smallest absolute Gasteiger partial charge is 0.179 e. The van der Waals surface area contributed by atoms with E-state index in [0.717, 1.165) is 0 Å². The van der Waals surface area contributed by atoms with Gasteiger partial charge in [-0.05, 0) is 26.0 Å². The Kier molecular flexibility index (Phi) is 4.27. The molecule has 82 valence electrons. The molecule has 0 bridgehead atoms. The molecule has 0 aliphatic carbocycles. The quantitative estimate of drug-likeness (QED) is 0.623. The van der Waals surface area contributed by atoms with Crippen molar-refractivity contribution in [3.8, 4) is 5.75 Å². The van der Waals surface area contributed by atoms with E-state index >= 15 is 0 Å². The third kappa shape index (κ3) is 2.78. The summed E-state index contributed by atoms with van der Waals surface area (Å²) in [7, 11) is 0. The average Bonchev–Trinajstić information content (AvgIpc) is 2.20. The van der Waals surface area contributed by atoms with E-state index in [1.54, 1.807) is 19.9 Å². The van der Waals surface area contributed by atoms with Crippen LogP contribution in [0.15, 0.2) is 18.2 Å². The molecular formula is C11H12BrFO2. The summed E-state index contributed by atoms with van der Waals surface area (Å²) in [6.07, 6.45) is 0. The minimum absolute atomic E-state index is 0.0605. The van der Waals surface area contributed by atoms with Crippen molar-refractivity contribution >= 4 is 21.7 Å². The molecule has 0 amide bonds. The Bertz CT molecular complexity index is 364. The van der Waals surface area contributed by atoms with Gasteiger partial charge in [-0.3, -0.25) is 4.79 Å². The van der Waals surface area contributed by atoms with E-state index in [1.165, 1.54) is 12.1 Å². The maximum Gasteiger partial charge on any atom is 0.179 e. The first-order chi connectivity index (χ1) is 7.07. The van der Waals surface area contributed by atoms with Gasteiger partial charge in [-0.2, -0.15) is 0 Å². The van der Waals surface area contributed by atoms with Crippen molar-refractivity contribution in [1.82, 2.24) is 0 Å². The highest BCUT2D eigenvalue weighted by Crippen LogP contribution is 2.22. The van der Waals surface area contributed by atoms with E-state index in [9.17, 15) is 9.18 Å². The maximum absolute atomic E-state index is 13.7. The molecule has 1 unspecified atom stereocenters. The number of Topliss-reactive ketones (excluding diaryl/α,β-unsaturated/α-hetero) is 1. The number of ketones is 1. The number of hydrogen-bond donors (Lipinski definition) is 0. The number of benzene rings is 1. The zero-order chi connectivity index (χ0) is 11.4. The average molecular weight is 275 g/mol. The fourth-order valence-corrected chi connectivity index (χ4v) is 1.43. The molecule has 0 spiro atoms. The predicted molar refractivity (Wildman–Crippen MR) is 60.3 cm³/mol. The largest absolute Gasteiger partial charge is 0.491 e. The molecule has 0 saturated heterocycles. The SMILES string of the molecule is CCOc1cccc(C(=O)C(C)Br)c1F. The fraction of sp³-hybridized carbons (Fsp3) is 0.364. The number of hydrogen-bond acceptors (Lipinski definition) is 2. The van der Waals surface area contributed by atoms with Crippen molar-refractivity contribution in [2.24, 2.45) is 0 Å². The fourth-order valence-electron chi connectivity index (χ4n) is 1.18. The second-order valence-corrected chi connectivity index (χ2v) is 4.40. The third-order valence-electron chi connectivity index (χ3n) is 1.89. The van der Waals surface area contributed by atoms with Gasteiger partial charge in [-0.15, -0.1) is 0 Å². The minimum Gasteiger partial charge on any atom is -0.491 e. The van der Waals surface area contributed by atoms with Gasteiger partial charge in [0.15, 0.2) is 17.3 Å². The lowest BCUT2D eigenvalue weighted by atomic mass is 10.1. The lowest BCUT2D eigenvalue weighted by molar-refractivity contribution is 0.0991. The van der Waals surface area contributed by atoms with Crippen LogP contribution in [0.4, 0.5) is 4.39 Å². The van der Waals surface area contributed by atoms with E-state index in [0.29, 0.717) is 6.61 Å². The van der Waals surface area contributed by atoms with Crippen LogP contribution in [0.2, 0.25) is 0 Å². The van der Waals surface area contributed by atoms with Crippen molar-refractivity contribution in [3.63, 3.8) is 0 Å². The van der Waals surface area contributed by atoms with Crippen molar-refractivity contribution in [3.05, 3.63) is 29.6 Å². The molecule has 1 atom stereocenters. The van der Waals surface area contributed by atoms with E-state index in [2.05, 4.69) is 15.9 Å². The highest BCUT2D eigenvalue weighted by molar-refractivity contribution is 9.10. The van der Waals surface area contributed by atoms with E-state index in [-0.39, 0.29) is 17.1 Å². The molecule has 0 N–H and O–H groups in total. The predicted octanol–water partition coefficient (Wildman–Crippen LogP) is 3.19. The van der Waals surface area contributed by atoms with Gasteiger partial charge >= 0.3 is 0 Å². The molecule has 1 aromatic rings. The molecule has 0 saturated carbocycles. The molecule has 15 heavy (non-hydrogen) atoms. The summed E-state index contributed by atoms with van der Waals surface area (Å²) in [6.45, 7) is 3.80. The standard InChI is InChI=1S/C11H12BrFO2/c1-3-15-9-6-4-5-8(10(9)13)11(14)7(2)12/h4-7H,3H2,1-2H3. The van der Waals surface area contributed by atoms with Gasteiger partial charge in [0, 0.05) is 0 Å². The number of ether oxygens (including phenoxy) is 1. The summed E-state index contributed by atoms with van der Waals surface area (Å²) >= 11 is 3.12. The summed E-state index contributed by atoms with van der Waals surface area (Å²) in [4.78, 5) is 11.2. The van der Waals surface area contributed by atoms with Crippen LogP contribution in [-0.4, -0.2) is 17.2 Å². The highest BCUT2D eigenvalue weighted by Gasteiger charge is 2.18. The third-order valence-corrected chi connectivity index (χ3v) is 2.31. The second-order valence-electron chi connectivity index (χ2n) is 3.03. The lowest BCUT2D eigenvalue weighted by Gasteiger charge is -2.08. The van der Waals surface area contributed by atoms with E-state index < -0.39 is 10.6 Å². The Balaban J connectivity index is 3.09. The molecule has 1 aromatic carbocycles. The van der Waals surface area contributed by atoms with Crippen molar-refractivity contribution in [2.45, 2.75) is 18.7 Å². The van der Waals surface area contributed by atoms with Gasteiger partial charge in [-0.25, -0.2) is 4.39 Å². The van der Waals surface area contributed by atoms with Crippen LogP contribution >= 0.6 is 15.9 Å². The topological polar surface area (TPSA) is 26.3 Å². The Morgan fingerprint density at radius 3 is 2.80 bits per heavy atom.